The highest BCUT2D eigenvalue weighted by atomic mass is 35.5. The second kappa shape index (κ2) is 6.03. The monoisotopic (exact) mass is 263 g/mol. The Morgan fingerprint density at radius 3 is 2.75 bits per heavy atom. The number of nitrogens with zero attached hydrogens (tertiary/aromatic N) is 1. The van der Waals surface area contributed by atoms with Crippen molar-refractivity contribution >= 4 is 27.4 Å². The minimum atomic E-state index is -3.18. The number of sulfonamides is 1. The lowest BCUT2D eigenvalue weighted by molar-refractivity contribution is 0.584. The van der Waals surface area contributed by atoms with Crippen LogP contribution in [0.25, 0.3) is 0 Å². The second-order valence-corrected chi connectivity index (χ2v) is 5.47. The molecule has 16 heavy (non-hydrogen) atoms. The molecule has 5 nitrogen and oxygen atoms in total. The fraction of sp³-hybridized carbons (Fsp3) is 0.444. The Balaban J connectivity index is 2.39. The van der Waals surface area contributed by atoms with E-state index >= 15 is 0 Å². The lowest BCUT2D eigenvalue weighted by Gasteiger charge is -2.06. The summed E-state index contributed by atoms with van der Waals surface area (Å²) in [7, 11) is -3.18. The molecule has 1 rings (SSSR count). The summed E-state index contributed by atoms with van der Waals surface area (Å²) in [4.78, 5) is 3.99. The van der Waals surface area contributed by atoms with E-state index in [0.717, 1.165) is 0 Å². The van der Waals surface area contributed by atoms with Gasteiger partial charge in [-0.25, -0.2) is 18.1 Å². The zero-order valence-electron chi connectivity index (χ0n) is 8.90. The van der Waals surface area contributed by atoms with E-state index in [2.05, 4.69) is 15.0 Å². The molecular weight excluding hydrogens is 250 g/mol. The molecule has 0 aliphatic carbocycles. The standard InChI is InChI=1S/C9H14ClN3O2S/c1-2-13-16(14,15)6-5-11-9-4-3-8(10)7-12-9/h3-4,7,13H,2,5-6H2,1H3,(H,11,12). The molecule has 0 bridgehead atoms. The molecule has 2 N–H and O–H groups in total. The van der Waals surface area contributed by atoms with Gasteiger partial charge in [0.2, 0.25) is 10.0 Å². The Morgan fingerprint density at radius 2 is 2.19 bits per heavy atom. The van der Waals surface area contributed by atoms with Crippen molar-refractivity contribution < 1.29 is 8.42 Å². The Hall–Kier alpha value is -0.850. The smallest absolute Gasteiger partial charge is 0.213 e. The molecule has 0 spiro atoms. The van der Waals surface area contributed by atoms with Crippen molar-refractivity contribution in [3.05, 3.63) is 23.4 Å². The molecule has 0 aliphatic rings. The average molecular weight is 264 g/mol. The van der Waals surface area contributed by atoms with E-state index in [4.69, 9.17) is 11.6 Å². The quantitative estimate of drug-likeness (QED) is 0.806. The summed E-state index contributed by atoms with van der Waals surface area (Å²) < 4.78 is 25.0. The summed E-state index contributed by atoms with van der Waals surface area (Å²) in [6, 6.07) is 3.39. The van der Waals surface area contributed by atoms with Crippen LogP contribution in [0.15, 0.2) is 18.3 Å². The van der Waals surface area contributed by atoms with E-state index in [1.165, 1.54) is 6.20 Å². The number of nitrogens with one attached hydrogen (secondary N) is 2. The normalized spacial score (nSPS) is 11.4. The highest BCUT2D eigenvalue weighted by Gasteiger charge is 2.07. The van der Waals surface area contributed by atoms with Gasteiger partial charge >= 0.3 is 0 Å². The first kappa shape index (κ1) is 13.2. The Labute approximate surface area is 100 Å². The lowest BCUT2D eigenvalue weighted by Crippen LogP contribution is -2.29. The topological polar surface area (TPSA) is 71.1 Å². The van der Waals surface area contributed by atoms with Crippen LogP contribution in [0.4, 0.5) is 5.82 Å². The minimum Gasteiger partial charge on any atom is -0.369 e. The van der Waals surface area contributed by atoms with E-state index < -0.39 is 10.0 Å². The van der Waals surface area contributed by atoms with Crippen LogP contribution in [0, 0.1) is 0 Å². The van der Waals surface area contributed by atoms with E-state index in [1.54, 1.807) is 19.1 Å². The molecule has 0 amide bonds. The number of rotatable bonds is 6. The molecule has 1 aromatic heterocycles. The van der Waals surface area contributed by atoms with Gasteiger partial charge in [0, 0.05) is 19.3 Å². The Morgan fingerprint density at radius 1 is 1.44 bits per heavy atom. The number of hydrogen-bond acceptors (Lipinski definition) is 4. The van der Waals surface area contributed by atoms with Gasteiger partial charge in [-0.15, -0.1) is 0 Å². The fourth-order valence-corrected chi connectivity index (χ4v) is 2.15. The first-order chi connectivity index (χ1) is 7.53. The van der Waals surface area contributed by atoms with Gasteiger partial charge in [0.15, 0.2) is 0 Å². The maximum Gasteiger partial charge on any atom is 0.213 e. The van der Waals surface area contributed by atoms with E-state index in [1.807, 2.05) is 0 Å². The zero-order chi connectivity index (χ0) is 12.0. The summed E-state index contributed by atoms with van der Waals surface area (Å²) in [5, 5.41) is 3.44. The van der Waals surface area contributed by atoms with Crippen molar-refractivity contribution in [3.8, 4) is 0 Å². The van der Waals surface area contributed by atoms with Gasteiger partial charge in [0.05, 0.1) is 10.8 Å². The molecule has 0 saturated carbocycles. The summed E-state index contributed by atoms with van der Waals surface area (Å²) in [5.74, 6) is 0.626. The summed E-state index contributed by atoms with van der Waals surface area (Å²) in [5.41, 5.74) is 0. The van der Waals surface area contributed by atoms with Crippen LogP contribution in [-0.2, 0) is 10.0 Å². The fourth-order valence-electron chi connectivity index (χ4n) is 1.09. The SMILES string of the molecule is CCNS(=O)(=O)CCNc1ccc(Cl)cn1. The maximum atomic E-state index is 11.3. The van der Waals surface area contributed by atoms with Gasteiger partial charge in [0.1, 0.15) is 5.82 Å². The lowest BCUT2D eigenvalue weighted by atomic mass is 10.4. The highest BCUT2D eigenvalue weighted by Crippen LogP contribution is 2.08. The summed E-state index contributed by atoms with van der Waals surface area (Å²) >= 11 is 5.66. The van der Waals surface area contributed by atoms with Crippen molar-refractivity contribution in [1.29, 1.82) is 0 Å². The van der Waals surface area contributed by atoms with Gasteiger partial charge < -0.3 is 5.32 Å². The van der Waals surface area contributed by atoms with Gasteiger partial charge in [-0.1, -0.05) is 18.5 Å². The highest BCUT2D eigenvalue weighted by molar-refractivity contribution is 7.89. The molecule has 0 atom stereocenters. The zero-order valence-corrected chi connectivity index (χ0v) is 10.5. The van der Waals surface area contributed by atoms with Gasteiger partial charge in [0.25, 0.3) is 0 Å². The third kappa shape index (κ3) is 4.78. The van der Waals surface area contributed by atoms with Crippen molar-refractivity contribution in [3.63, 3.8) is 0 Å². The molecule has 0 fully saturated rings. The third-order valence-corrected chi connectivity index (χ3v) is 3.46. The molecule has 0 saturated heterocycles. The average Bonchev–Trinajstić information content (AvgIpc) is 2.20. The van der Waals surface area contributed by atoms with Crippen molar-refractivity contribution in [2.75, 3.05) is 24.2 Å². The molecule has 0 radical (unpaired) electrons. The predicted molar refractivity (Wildman–Crippen MR) is 65.2 cm³/mol. The summed E-state index contributed by atoms with van der Waals surface area (Å²) in [6.45, 7) is 2.46. The molecule has 1 heterocycles. The number of hydrogen-bond donors (Lipinski definition) is 2. The van der Waals surface area contributed by atoms with E-state index in [9.17, 15) is 8.42 Å². The molecule has 0 unspecified atom stereocenters. The number of anilines is 1. The molecule has 0 aromatic carbocycles. The second-order valence-electron chi connectivity index (χ2n) is 3.11. The van der Waals surface area contributed by atoms with Crippen molar-refractivity contribution in [2.24, 2.45) is 0 Å². The molecule has 7 heteroatoms. The first-order valence-corrected chi connectivity index (χ1v) is 6.89. The Kier molecular flexibility index (Phi) is 4.98. The van der Waals surface area contributed by atoms with Crippen molar-refractivity contribution in [2.45, 2.75) is 6.92 Å². The van der Waals surface area contributed by atoms with Gasteiger partial charge in [-0.2, -0.15) is 0 Å². The number of pyridine rings is 1. The van der Waals surface area contributed by atoms with Gasteiger partial charge in [-0.05, 0) is 12.1 Å². The largest absolute Gasteiger partial charge is 0.369 e. The molecular formula is C9H14ClN3O2S. The van der Waals surface area contributed by atoms with Crippen LogP contribution >= 0.6 is 11.6 Å². The molecule has 0 aliphatic heterocycles. The third-order valence-electron chi connectivity index (χ3n) is 1.77. The number of halogens is 1. The van der Waals surface area contributed by atoms with E-state index in [-0.39, 0.29) is 5.75 Å². The van der Waals surface area contributed by atoms with E-state index in [0.29, 0.717) is 23.9 Å². The van der Waals surface area contributed by atoms with Crippen LogP contribution in [-0.4, -0.2) is 32.2 Å². The van der Waals surface area contributed by atoms with Crippen LogP contribution in [0.2, 0.25) is 5.02 Å². The summed E-state index contributed by atoms with van der Waals surface area (Å²) in [6.07, 6.45) is 1.50. The molecule has 90 valence electrons. The van der Waals surface area contributed by atoms with Crippen LogP contribution < -0.4 is 10.0 Å². The molecule has 1 aromatic rings. The van der Waals surface area contributed by atoms with Crippen LogP contribution in [0.1, 0.15) is 6.92 Å². The van der Waals surface area contributed by atoms with Crippen LogP contribution in [0.5, 0.6) is 0 Å². The van der Waals surface area contributed by atoms with Gasteiger partial charge in [-0.3, -0.25) is 0 Å². The minimum absolute atomic E-state index is 0.0190. The van der Waals surface area contributed by atoms with Crippen LogP contribution in [0.3, 0.4) is 0 Å². The Bertz CT molecular complexity index is 419. The maximum absolute atomic E-state index is 11.3. The number of aromatic nitrogens is 1. The first-order valence-electron chi connectivity index (χ1n) is 4.86. The van der Waals surface area contributed by atoms with Crippen molar-refractivity contribution in [1.82, 2.24) is 9.71 Å². The predicted octanol–water partition coefficient (Wildman–Crippen LogP) is 1.09.